The van der Waals surface area contributed by atoms with Crippen molar-refractivity contribution < 1.29 is 9.47 Å². The molecule has 2 aromatic carbocycles. The fourth-order valence-electron chi connectivity index (χ4n) is 2.68. The largest absolute Gasteiger partial charge is 0.497 e. The molecule has 0 aliphatic carbocycles. The van der Waals surface area contributed by atoms with Crippen LogP contribution in [0.2, 0.25) is 0 Å². The maximum Gasteiger partial charge on any atom is 0.225 e. The maximum atomic E-state index is 5.35. The zero-order valence-corrected chi connectivity index (χ0v) is 16.7. The molecule has 28 heavy (non-hydrogen) atoms. The van der Waals surface area contributed by atoms with Crippen molar-refractivity contribution in [1.29, 1.82) is 0 Å². The van der Waals surface area contributed by atoms with Gasteiger partial charge in [0.15, 0.2) is 0 Å². The molecule has 1 aromatic heterocycles. The van der Waals surface area contributed by atoms with Crippen LogP contribution in [0.1, 0.15) is 20.3 Å². The molecule has 0 unspecified atom stereocenters. The van der Waals surface area contributed by atoms with Crippen LogP contribution in [0.5, 0.6) is 11.5 Å². The molecule has 0 aliphatic rings. The van der Waals surface area contributed by atoms with Gasteiger partial charge in [0.2, 0.25) is 5.95 Å². The van der Waals surface area contributed by atoms with Gasteiger partial charge in [0.25, 0.3) is 0 Å². The smallest absolute Gasteiger partial charge is 0.225 e. The number of hydrogen-bond donors (Lipinski definition) is 2. The lowest BCUT2D eigenvalue weighted by molar-refractivity contribution is 0.395. The number of nitrogens with zero attached hydrogens (tertiary/aromatic N) is 2. The lowest BCUT2D eigenvalue weighted by Gasteiger charge is -2.15. The summed E-state index contributed by atoms with van der Waals surface area (Å²) in [4.78, 5) is 9.33. The molecule has 1 heterocycles. The lowest BCUT2D eigenvalue weighted by atomic mass is 10.1. The van der Waals surface area contributed by atoms with E-state index in [1.54, 1.807) is 14.2 Å². The van der Waals surface area contributed by atoms with E-state index in [2.05, 4.69) is 34.4 Å². The number of rotatable bonds is 8. The number of anilines is 3. The van der Waals surface area contributed by atoms with Gasteiger partial charge in [-0.2, -0.15) is 4.98 Å². The zero-order chi connectivity index (χ0) is 19.9. The van der Waals surface area contributed by atoms with Crippen LogP contribution in [0.3, 0.4) is 0 Å². The molecule has 0 radical (unpaired) electrons. The molecular formula is C22H26N4O2. The predicted molar refractivity (Wildman–Crippen MR) is 114 cm³/mol. The summed E-state index contributed by atoms with van der Waals surface area (Å²) in [6, 6.07) is 17.9. The standard InChI is InChI=1S/C22H26N4O2/c1-5-15(2)23-22-25-20(16-9-7-6-8-10-16)14-21(26-22)24-17-11-18(27-3)13-19(12-17)28-4/h6-15H,5H2,1-4H3,(H2,23,24,25,26)/t15-/m1/s1. The highest BCUT2D eigenvalue weighted by Crippen LogP contribution is 2.29. The van der Waals surface area contributed by atoms with E-state index < -0.39 is 0 Å². The quantitative estimate of drug-likeness (QED) is 0.567. The third-order valence-corrected chi connectivity index (χ3v) is 4.41. The van der Waals surface area contributed by atoms with Crippen molar-refractivity contribution in [3.63, 3.8) is 0 Å². The average Bonchev–Trinajstić information content (AvgIpc) is 2.73. The second-order valence-corrected chi connectivity index (χ2v) is 6.51. The van der Waals surface area contributed by atoms with Crippen LogP contribution in [0.4, 0.5) is 17.5 Å². The minimum absolute atomic E-state index is 0.274. The Labute approximate surface area is 166 Å². The molecule has 6 heteroatoms. The van der Waals surface area contributed by atoms with Crippen LogP contribution >= 0.6 is 0 Å². The Balaban J connectivity index is 1.98. The number of aromatic nitrogens is 2. The van der Waals surface area contributed by atoms with Crippen molar-refractivity contribution in [3.8, 4) is 22.8 Å². The number of hydrogen-bond acceptors (Lipinski definition) is 6. The van der Waals surface area contributed by atoms with Gasteiger partial charge in [-0.1, -0.05) is 37.3 Å². The topological polar surface area (TPSA) is 68.3 Å². The zero-order valence-electron chi connectivity index (χ0n) is 16.7. The second kappa shape index (κ2) is 9.08. The van der Waals surface area contributed by atoms with E-state index in [-0.39, 0.29) is 6.04 Å². The number of ether oxygens (including phenoxy) is 2. The van der Waals surface area contributed by atoms with Crippen LogP contribution in [0, 0.1) is 0 Å². The molecule has 6 nitrogen and oxygen atoms in total. The first-order chi connectivity index (χ1) is 13.6. The summed E-state index contributed by atoms with van der Waals surface area (Å²) in [6.07, 6.45) is 0.981. The third kappa shape index (κ3) is 4.91. The molecule has 1 atom stereocenters. The Kier molecular flexibility index (Phi) is 6.32. The van der Waals surface area contributed by atoms with Crippen LogP contribution in [0.15, 0.2) is 54.6 Å². The van der Waals surface area contributed by atoms with Crippen LogP contribution in [0.25, 0.3) is 11.3 Å². The highest BCUT2D eigenvalue weighted by Gasteiger charge is 2.10. The Morgan fingerprint density at radius 2 is 1.61 bits per heavy atom. The van der Waals surface area contributed by atoms with Gasteiger partial charge in [0.05, 0.1) is 19.9 Å². The maximum absolute atomic E-state index is 5.35. The molecule has 0 amide bonds. The van der Waals surface area contributed by atoms with Crippen molar-refractivity contribution in [3.05, 3.63) is 54.6 Å². The van der Waals surface area contributed by atoms with Crippen molar-refractivity contribution in [2.45, 2.75) is 26.3 Å². The SMILES string of the molecule is CC[C@@H](C)Nc1nc(Nc2cc(OC)cc(OC)c2)cc(-c2ccccc2)n1. The molecule has 2 N–H and O–H groups in total. The second-order valence-electron chi connectivity index (χ2n) is 6.51. The van der Waals surface area contributed by atoms with E-state index in [1.807, 2.05) is 54.6 Å². The van der Waals surface area contributed by atoms with E-state index in [9.17, 15) is 0 Å². The summed E-state index contributed by atoms with van der Waals surface area (Å²) in [5, 5.41) is 6.71. The normalized spacial score (nSPS) is 11.6. The van der Waals surface area contributed by atoms with E-state index >= 15 is 0 Å². The first kappa shape index (κ1) is 19.5. The van der Waals surface area contributed by atoms with Gasteiger partial charge < -0.3 is 20.1 Å². The molecule has 3 aromatic rings. The molecule has 0 aliphatic heterocycles. The molecule has 146 valence electrons. The predicted octanol–water partition coefficient (Wildman–Crippen LogP) is 5.11. The van der Waals surface area contributed by atoms with Gasteiger partial charge in [0, 0.05) is 41.6 Å². The molecule has 0 bridgehead atoms. The molecule has 3 rings (SSSR count). The highest BCUT2D eigenvalue weighted by atomic mass is 16.5. The van der Waals surface area contributed by atoms with Crippen LogP contribution < -0.4 is 20.1 Å². The van der Waals surface area contributed by atoms with Gasteiger partial charge in [-0.3, -0.25) is 0 Å². The first-order valence-electron chi connectivity index (χ1n) is 9.32. The summed E-state index contributed by atoms with van der Waals surface area (Å²) < 4.78 is 10.7. The average molecular weight is 378 g/mol. The van der Waals surface area contributed by atoms with Crippen LogP contribution in [-0.2, 0) is 0 Å². The Hall–Kier alpha value is -3.28. The van der Waals surface area contributed by atoms with Crippen molar-refractivity contribution in [2.75, 3.05) is 24.9 Å². The Morgan fingerprint density at radius 3 is 2.21 bits per heavy atom. The number of methoxy groups -OCH3 is 2. The number of benzene rings is 2. The summed E-state index contributed by atoms with van der Waals surface area (Å²) in [7, 11) is 3.26. The van der Waals surface area contributed by atoms with Crippen molar-refractivity contribution >= 4 is 17.5 Å². The monoisotopic (exact) mass is 378 g/mol. The number of nitrogens with one attached hydrogen (secondary N) is 2. The van der Waals surface area contributed by atoms with Gasteiger partial charge in [0.1, 0.15) is 17.3 Å². The van der Waals surface area contributed by atoms with Gasteiger partial charge in [-0.25, -0.2) is 4.98 Å². The van der Waals surface area contributed by atoms with E-state index in [4.69, 9.17) is 9.47 Å². The fourth-order valence-corrected chi connectivity index (χ4v) is 2.68. The summed E-state index contributed by atoms with van der Waals surface area (Å²) in [5.74, 6) is 2.69. The molecular weight excluding hydrogens is 352 g/mol. The molecule has 0 spiro atoms. The fraction of sp³-hybridized carbons (Fsp3) is 0.273. The summed E-state index contributed by atoms with van der Waals surface area (Å²) in [6.45, 7) is 4.24. The lowest BCUT2D eigenvalue weighted by Crippen LogP contribution is -2.16. The summed E-state index contributed by atoms with van der Waals surface area (Å²) >= 11 is 0. The van der Waals surface area contributed by atoms with E-state index in [0.717, 1.165) is 23.4 Å². The van der Waals surface area contributed by atoms with Gasteiger partial charge in [-0.15, -0.1) is 0 Å². The Morgan fingerprint density at radius 1 is 0.929 bits per heavy atom. The van der Waals surface area contributed by atoms with Crippen molar-refractivity contribution in [2.24, 2.45) is 0 Å². The minimum atomic E-state index is 0.274. The molecule has 0 fully saturated rings. The van der Waals surface area contributed by atoms with Crippen molar-refractivity contribution in [1.82, 2.24) is 9.97 Å². The first-order valence-corrected chi connectivity index (χ1v) is 9.32. The molecule has 0 saturated heterocycles. The van der Waals surface area contributed by atoms with E-state index in [1.165, 1.54) is 0 Å². The minimum Gasteiger partial charge on any atom is -0.497 e. The van der Waals surface area contributed by atoms with E-state index in [0.29, 0.717) is 23.3 Å². The molecule has 0 saturated carbocycles. The highest BCUT2D eigenvalue weighted by molar-refractivity contribution is 5.68. The third-order valence-electron chi connectivity index (χ3n) is 4.41. The van der Waals surface area contributed by atoms with Gasteiger partial charge in [-0.05, 0) is 13.3 Å². The van der Waals surface area contributed by atoms with Crippen LogP contribution in [-0.4, -0.2) is 30.2 Å². The Bertz CT molecular complexity index is 893. The van der Waals surface area contributed by atoms with Gasteiger partial charge >= 0.3 is 0 Å². The summed E-state index contributed by atoms with van der Waals surface area (Å²) in [5.41, 5.74) is 2.70.